The van der Waals surface area contributed by atoms with Crippen molar-refractivity contribution in [2.75, 3.05) is 0 Å². The number of alkyl halides is 3. The molecule has 0 radical (unpaired) electrons. The largest absolute Gasteiger partial charge is 0.454 e. The first-order valence-electron chi connectivity index (χ1n) is 10.1. The number of aryl methyl sites for hydroxylation is 2. The van der Waals surface area contributed by atoms with Crippen LogP contribution in [0.15, 0.2) is 70.1 Å². The number of halogens is 3. The normalized spacial score (nSPS) is 11.4. The standard InChI is InChI=1S/C24H18F3N3O4/c1-14-6-8-16(9-7-14)22-28-18(12-33-22)13-34-23(32)21-20(31)10-15(2)30(29-21)19-5-3-4-17(11-19)24(25,26)27/h3-12H,13H2,1-2H3. The fraction of sp³-hybridized carbons (Fsp3) is 0.167. The van der Waals surface area contributed by atoms with Crippen LogP contribution in [-0.4, -0.2) is 20.7 Å². The summed E-state index contributed by atoms with van der Waals surface area (Å²) in [6.45, 7) is 3.16. The van der Waals surface area contributed by atoms with E-state index in [0.717, 1.165) is 34.0 Å². The van der Waals surface area contributed by atoms with Gasteiger partial charge in [-0.1, -0.05) is 23.8 Å². The molecule has 2 aromatic carbocycles. The molecule has 0 saturated carbocycles. The number of hydrogen-bond donors (Lipinski definition) is 0. The molecule has 2 heterocycles. The second-order valence-electron chi connectivity index (χ2n) is 7.54. The van der Waals surface area contributed by atoms with Gasteiger partial charge in [0.15, 0.2) is 0 Å². The van der Waals surface area contributed by atoms with Gasteiger partial charge in [-0.15, -0.1) is 0 Å². The summed E-state index contributed by atoms with van der Waals surface area (Å²) in [6.07, 6.45) is -3.23. The van der Waals surface area contributed by atoms with E-state index in [0.29, 0.717) is 11.6 Å². The van der Waals surface area contributed by atoms with Gasteiger partial charge in [-0.25, -0.2) is 14.5 Å². The van der Waals surface area contributed by atoms with Crippen molar-refractivity contribution in [3.8, 4) is 17.1 Å². The number of benzene rings is 2. The molecule has 174 valence electrons. The van der Waals surface area contributed by atoms with Crippen LogP contribution in [0.2, 0.25) is 0 Å². The number of esters is 1. The van der Waals surface area contributed by atoms with E-state index >= 15 is 0 Å². The van der Waals surface area contributed by atoms with Gasteiger partial charge in [0.1, 0.15) is 18.6 Å². The molecule has 4 aromatic rings. The Labute approximate surface area is 191 Å². The first kappa shape index (κ1) is 23.0. The van der Waals surface area contributed by atoms with Crippen molar-refractivity contribution in [2.24, 2.45) is 0 Å². The van der Waals surface area contributed by atoms with Gasteiger partial charge in [0.25, 0.3) is 0 Å². The second-order valence-corrected chi connectivity index (χ2v) is 7.54. The van der Waals surface area contributed by atoms with Gasteiger partial charge < -0.3 is 9.15 Å². The van der Waals surface area contributed by atoms with E-state index in [4.69, 9.17) is 9.15 Å². The zero-order valence-corrected chi connectivity index (χ0v) is 18.1. The van der Waals surface area contributed by atoms with Crippen LogP contribution >= 0.6 is 0 Å². The summed E-state index contributed by atoms with van der Waals surface area (Å²) in [5.74, 6) is -0.697. The monoisotopic (exact) mass is 469 g/mol. The lowest BCUT2D eigenvalue weighted by molar-refractivity contribution is -0.137. The fourth-order valence-electron chi connectivity index (χ4n) is 3.17. The summed E-state index contributed by atoms with van der Waals surface area (Å²) in [4.78, 5) is 29.1. The zero-order valence-electron chi connectivity index (χ0n) is 18.1. The van der Waals surface area contributed by atoms with Crippen molar-refractivity contribution < 1.29 is 27.1 Å². The Bertz CT molecular complexity index is 1410. The van der Waals surface area contributed by atoms with E-state index in [2.05, 4.69) is 10.1 Å². The van der Waals surface area contributed by atoms with Crippen molar-refractivity contribution >= 4 is 5.97 Å². The molecule has 0 fully saturated rings. The number of hydrogen-bond acceptors (Lipinski definition) is 6. The lowest BCUT2D eigenvalue weighted by Crippen LogP contribution is -2.24. The van der Waals surface area contributed by atoms with Gasteiger partial charge >= 0.3 is 12.1 Å². The molecule has 10 heteroatoms. The van der Waals surface area contributed by atoms with Crippen LogP contribution in [0.3, 0.4) is 0 Å². The van der Waals surface area contributed by atoms with E-state index in [9.17, 15) is 22.8 Å². The molecular formula is C24H18F3N3O4. The zero-order chi connectivity index (χ0) is 24.5. The average molecular weight is 469 g/mol. The molecule has 4 rings (SSSR count). The topological polar surface area (TPSA) is 87.2 Å². The summed E-state index contributed by atoms with van der Waals surface area (Å²) in [5.41, 5.74) is 0.258. The average Bonchev–Trinajstić information content (AvgIpc) is 3.26. The predicted octanol–water partition coefficient (Wildman–Crippen LogP) is 4.88. The Morgan fingerprint density at radius 2 is 1.82 bits per heavy atom. The molecule has 0 aliphatic carbocycles. The van der Waals surface area contributed by atoms with Crippen molar-refractivity contribution in [3.63, 3.8) is 0 Å². The van der Waals surface area contributed by atoms with Crippen molar-refractivity contribution in [3.05, 3.63) is 99.3 Å². The lowest BCUT2D eigenvalue weighted by atomic mass is 10.1. The third-order valence-corrected chi connectivity index (χ3v) is 4.92. The minimum atomic E-state index is -4.56. The van der Waals surface area contributed by atoms with Crippen LogP contribution in [0, 0.1) is 13.8 Å². The molecule has 0 saturated heterocycles. The van der Waals surface area contributed by atoms with E-state index < -0.39 is 28.8 Å². The summed E-state index contributed by atoms with van der Waals surface area (Å²) >= 11 is 0. The Hall–Kier alpha value is -4.21. The summed E-state index contributed by atoms with van der Waals surface area (Å²) in [7, 11) is 0. The highest BCUT2D eigenvalue weighted by atomic mass is 19.4. The van der Waals surface area contributed by atoms with Crippen LogP contribution in [0.25, 0.3) is 17.1 Å². The maximum atomic E-state index is 13.1. The SMILES string of the molecule is Cc1ccc(-c2nc(COC(=O)c3nn(-c4cccc(C(F)(F)F)c4)c(C)cc3=O)co2)cc1. The van der Waals surface area contributed by atoms with Crippen LogP contribution in [-0.2, 0) is 17.5 Å². The highest BCUT2D eigenvalue weighted by molar-refractivity contribution is 5.86. The molecule has 0 atom stereocenters. The third-order valence-electron chi connectivity index (χ3n) is 4.92. The number of carbonyl (C=O) groups is 1. The molecule has 0 N–H and O–H groups in total. The van der Waals surface area contributed by atoms with E-state index in [1.54, 1.807) is 0 Å². The smallest absolute Gasteiger partial charge is 0.416 e. The molecule has 34 heavy (non-hydrogen) atoms. The number of rotatable bonds is 5. The van der Waals surface area contributed by atoms with E-state index in [1.165, 1.54) is 25.3 Å². The first-order valence-corrected chi connectivity index (χ1v) is 10.1. The van der Waals surface area contributed by atoms with Crippen molar-refractivity contribution in [1.29, 1.82) is 0 Å². The number of oxazole rings is 1. The molecule has 7 nitrogen and oxygen atoms in total. The Balaban J connectivity index is 1.54. The first-order chi connectivity index (χ1) is 16.1. The van der Waals surface area contributed by atoms with E-state index in [-0.39, 0.29) is 18.0 Å². The predicted molar refractivity (Wildman–Crippen MR) is 115 cm³/mol. The Morgan fingerprint density at radius 1 is 1.09 bits per heavy atom. The number of aromatic nitrogens is 3. The molecular weight excluding hydrogens is 451 g/mol. The Kier molecular flexibility index (Phi) is 6.06. The van der Waals surface area contributed by atoms with Crippen molar-refractivity contribution in [2.45, 2.75) is 26.6 Å². The third kappa shape index (κ3) is 4.90. The van der Waals surface area contributed by atoms with Crippen molar-refractivity contribution in [1.82, 2.24) is 14.8 Å². The summed E-state index contributed by atoms with van der Waals surface area (Å²) in [6, 6.07) is 13.0. The van der Waals surface area contributed by atoms with E-state index in [1.807, 2.05) is 31.2 Å². The molecule has 2 aromatic heterocycles. The number of nitrogens with zero attached hydrogens (tertiary/aromatic N) is 3. The Morgan fingerprint density at radius 3 is 2.53 bits per heavy atom. The maximum Gasteiger partial charge on any atom is 0.416 e. The van der Waals surface area contributed by atoms with Gasteiger partial charge in [-0.3, -0.25) is 4.79 Å². The number of carbonyl (C=O) groups excluding carboxylic acids is 1. The quantitative estimate of drug-likeness (QED) is 0.387. The highest BCUT2D eigenvalue weighted by Gasteiger charge is 2.30. The minimum absolute atomic E-state index is 0.0422. The molecule has 0 aliphatic heterocycles. The van der Waals surface area contributed by atoms with Gasteiger partial charge in [-0.05, 0) is 44.2 Å². The minimum Gasteiger partial charge on any atom is -0.454 e. The van der Waals surface area contributed by atoms with Crippen LogP contribution < -0.4 is 5.43 Å². The van der Waals surface area contributed by atoms with Crippen LogP contribution in [0.4, 0.5) is 13.2 Å². The van der Waals surface area contributed by atoms with Gasteiger partial charge in [0.2, 0.25) is 17.0 Å². The van der Waals surface area contributed by atoms with Crippen LogP contribution in [0.5, 0.6) is 0 Å². The molecule has 0 bridgehead atoms. The summed E-state index contributed by atoms with van der Waals surface area (Å²) in [5, 5.41) is 3.96. The highest BCUT2D eigenvalue weighted by Crippen LogP contribution is 2.30. The maximum absolute atomic E-state index is 13.1. The second kappa shape index (κ2) is 8.97. The van der Waals surface area contributed by atoms with Crippen LogP contribution in [0.1, 0.15) is 33.0 Å². The fourth-order valence-corrected chi connectivity index (χ4v) is 3.17. The molecule has 0 aliphatic rings. The molecule has 0 spiro atoms. The van der Waals surface area contributed by atoms with Gasteiger partial charge in [-0.2, -0.15) is 18.3 Å². The summed E-state index contributed by atoms with van der Waals surface area (Å²) < 4.78 is 50.9. The molecule has 0 amide bonds. The van der Waals surface area contributed by atoms with Gasteiger partial charge in [0.05, 0.1) is 11.3 Å². The number of ether oxygens (including phenoxy) is 1. The molecule has 0 unspecified atom stereocenters. The van der Waals surface area contributed by atoms with Gasteiger partial charge in [0, 0.05) is 17.3 Å². The lowest BCUT2D eigenvalue weighted by Gasteiger charge is -2.13.